The van der Waals surface area contributed by atoms with Gasteiger partial charge in [0.05, 0.1) is 26.9 Å². The van der Waals surface area contributed by atoms with Crippen molar-refractivity contribution in [2.24, 2.45) is 0 Å². The molecule has 0 spiro atoms. The molecular weight excluding hydrogens is 681 g/mol. The summed E-state index contributed by atoms with van der Waals surface area (Å²) in [6, 6.07) is 38.8. The van der Waals surface area contributed by atoms with Gasteiger partial charge in [0.2, 0.25) is 0 Å². The topological polar surface area (TPSA) is 112 Å². The van der Waals surface area contributed by atoms with E-state index in [-0.39, 0.29) is 13.0 Å². The maximum absolute atomic E-state index is 13.6. The summed E-state index contributed by atoms with van der Waals surface area (Å²) in [7, 11) is 3.23. The number of nitrogens with one attached hydrogen (secondary N) is 1. The van der Waals surface area contributed by atoms with Crippen LogP contribution in [0.1, 0.15) is 57.5 Å². The predicted octanol–water partition coefficient (Wildman–Crippen LogP) is 6.35. The first-order valence-corrected chi connectivity index (χ1v) is 17.7. The summed E-state index contributed by atoms with van der Waals surface area (Å²) in [6.45, 7) is -0.0339. The summed E-state index contributed by atoms with van der Waals surface area (Å²) < 4.78 is 25.7. The van der Waals surface area contributed by atoms with Crippen LogP contribution in [0.4, 0.5) is 0 Å². The quantitative estimate of drug-likeness (QED) is 0.125. The number of hydrogen-bond acceptors (Lipinski definition) is 7. The summed E-state index contributed by atoms with van der Waals surface area (Å²) in [6.07, 6.45) is 4.75. The Morgan fingerprint density at radius 3 is 2.06 bits per heavy atom. The smallest absolute Gasteiger partial charge is 0.330 e. The van der Waals surface area contributed by atoms with E-state index in [0.717, 1.165) is 38.9 Å². The van der Waals surface area contributed by atoms with Gasteiger partial charge in [0.15, 0.2) is 0 Å². The third kappa shape index (κ3) is 6.00. The molecule has 6 aromatic rings. The number of methoxy groups -OCH3 is 2. The Kier molecular flexibility index (Phi) is 9.26. The number of aromatic amines is 1. The van der Waals surface area contributed by atoms with Crippen LogP contribution < -0.4 is 20.7 Å². The molecule has 1 fully saturated rings. The number of aliphatic hydroxyl groups is 1. The molecule has 1 unspecified atom stereocenters. The van der Waals surface area contributed by atoms with Gasteiger partial charge in [0.1, 0.15) is 29.4 Å². The molecule has 0 saturated carbocycles. The Bertz CT molecular complexity index is 2420. The second-order valence-electron chi connectivity index (χ2n) is 13.5. The molecule has 0 radical (unpaired) electrons. The Morgan fingerprint density at radius 2 is 1.41 bits per heavy atom. The van der Waals surface area contributed by atoms with Crippen LogP contribution >= 0.6 is 0 Å². The normalized spacial score (nSPS) is 18.8. The molecule has 2 heterocycles. The second-order valence-corrected chi connectivity index (χ2v) is 13.5. The van der Waals surface area contributed by atoms with E-state index >= 15 is 0 Å². The van der Waals surface area contributed by atoms with Crippen LogP contribution in [-0.4, -0.2) is 47.7 Å². The van der Waals surface area contributed by atoms with E-state index in [4.69, 9.17) is 25.4 Å². The van der Waals surface area contributed by atoms with Crippen molar-refractivity contribution in [2.75, 3.05) is 20.8 Å². The minimum absolute atomic E-state index is 0.0339. The van der Waals surface area contributed by atoms with Gasteiger partial charge in [-0.1, -0.05) is 90.8 Å². The van der Waals surface area contributed by atoms with Crippen LogP contribution in [0.15, 0.2) is 137 Å². The molecule has 8 rings (SSSR count). The van der Waals surface area contributed by atoms with E-state index in [1.807, 2.05) is 121 Å². The van der Waals surface area contributed by atoms with Crippen molar-refractivity contribution in [1.82, 2.24) is 9.55 Å². The van der Waals surface area contributed by atoms with Gasteiger partial charge in [-0.15, -0.1) is 6.42 Å². The lowest BCUT2D eigenvalue weighted by Crippen LogP contribution is -2.38. The fraction of sp³-hybridized carbons (Fsp3) is 0.200. The number of rotatable bonds is 10. The number of aliphatic hydroxyl groups excluding tert-OH is 1. The van der Waals surface area contributed by atoms with Gasteiger partial charge in [0.25, 0.3) is 5.56 Å². The van der Waals surface area contributed by atoms with Crippen molar-refractivity contribution in [1.29, 1.82) is 0 Å². The molecule has 0 bridgehead atoms. The summed E-state index contributed by atoms with van der Waals surface area (Å²) >= 11 is 0. The van der Waals surface area contributed by atoms with Crippen molar-refractivity contribution in [2.45, 2.75) is 36.4 Å². The first-order valence-electron chi connectivity index (χ1n) is 17.7. The third-order valence-corrected chi connectivity index (χ3v) is 10.5. The van der Waals surface area contributed by atoms with E-state index in [2.05, 4.69) is 10.9 Å². The number of fused-ring (bicyclic) bond motifs is 3. The van der Waals surface area contributed by atoms with Crippen LogP contribution in [-0.2, 0) is 15.1 Å². The van der Waals surface area contributed by atoms with Crippen LogP contribution in [0.25, 0.3) is 11.1 Å². The highest BCUT2D eigenvalue weighted by atomic mass is 16.6. The lowest BCUT2D eigenvalue weighted by Gasteiger charge is -2.37. The van der Waals surface area contributed by atoms with E-state index in [1.54, 1.807) is 20.4 Å². The van der Waals surface area contributed by atoms with Gasteiger partial charge < -0.3 is 24.1 Å². The molecule has 0 amide bonds. The van der Waals surface area contributed by atoms with Crippen LogP contribution in [0.2, 0.25) is 0 Å². The zero-order valence-corrected chi connectivity index (χ0v) is 29.8. The zero-order valence-electron chi connectivity index (χ0n) is 29.8. The second kappa shape index (κ2) is 14.3. The number of H-pyrrole nitrogens is 1. The fourth-order valence-electron chi connectivity index (χ4n) is 7.87. The molecule has 1 aliphatic heterocycles. The number of benzene rings is 5. The highest BCUT2D eigenvalue weighted by molar-refractivity contribution is 5.81. The summed E-state index contributed by atoms with van der Waals surface area (Å²) in [5, 5.41) is 11.5. The lowest BCUT2D eigenvalue weighted by molar-refractivity contribution is -0.0944. The number of hydrogen-bond donors (Lipinski definition) is 2. The van der Waals surface area contributed by atoms with Crippen molar-refractivity contribution >= 4 is 0 Å². The number of terminal acetylenes is 1. The highest BCUT2D eigenvalue weighted by Crippen LogP contribution is 2.48. The molecule has 5 aromatic carbocycles. The van der Waals surface area contributed by atoms with Crippen molar-refractivity contribution in [3.63, 3.8) is 0 Å². The number of nitrogens with zero attached hydrogens (tertiary/aromatic N) is 1. The summed E-state index contributed by atoms with van der Waals surface area (Å²) in [4.78, 5) is 29.5. The van der Waals surface area contributed by atoms with Crippen LogP contribution in [0.5, 0.6) is 11.5 Å². The van der Waals surface area contributed by atoms with Gasteiger partial charge in [-0.25, -0.2) is 4.79 Å². The van der Waals surface area contributed by atoms with E-state index < -0.39 is 41.2 Å². The maximum atomic E-state index is 13.6. The summed E-state index contributed by atoms with van der Waals surface area (Å²) in [5.41, 5.74) is 5.10. The van der Waals surface area contributed by atoms with Crippen molar-refractivity contribution in [3.05, 3.63) is 187 Å². The molecule has 4 atom stereocenters. The van der Waals surface area contributed by atoms with Gasteiger partial charge in [-0.2, -0.15) is 0 Å². The molecule has 2 aliphatic rings. The Balaban J connectivity index is 1.14. The predicted molar refractivity (Wildman–Crippen MR) is 205 cm³/mol. The van der Waals surface area contributed by atoms with E-state index in [9.17, 15) is 14.7 Å². The lowest BCUT2D eigenvalue weighted by atomic mass is 9.80. The monoisotopic (exact) mass is 718 g/mol. The minimum Gasteiger partial charge on any atom is -0.497 e. The van der Waals surface area contributed by atoms with E-state index in [1.165, 1.54) is 4.57 Å². The highest BCUT2D eigenvalue weighted by Gasteiger charge is 2.42. The van der Waals surface area contributed by atoms with Crippen molar-refractivity contribution in [3.8, 4) is 35.0 Å². The van der Waals surface area contributed by atoms with E-state index in [0.29, 0.717) is 22.6 Å². The van der Waals surface area contributed by atoms with Gasteiger partial charge in [-0.05, 0) is 75.3 Å². The van der Waals surface area contributed by atoms with Crippen LogP contribution in [0.3, 0.4) is 0 Å². The SMILES string of the molecule is C#Cc1ccc2c(c1)C(c1cn([C@H]3C[C@H](O)[C@@H](COC(c4ccccc4)(c4ccc(OC)cc4)c4ccc(OC)cc4)O3)c(=O)[nH]c1=O)c1ccccc1-2. The summed E-state index contributed by atoms with van der Waals surface area (Å²) in [5.74, 6) is 3.62. The molecule has 9 heteroatoms. The molecule has 1 aliphatic carbocycles. The Morgan fingerprint density at radius 1 is 0.796 bits per heavy atom. The van der Waals surface area contributed by atoms with Crippen molar-refractivity contribution < 1.29 is 24.1 Å². The van der Waals surface area contributed by atoms with Gasteiger partial charge in [-0.3, -0.25) is 14.3 Å². The third-order valence-electron chi connectivity index (χ3n) is 10.5. The average molecular weight is 719 g/mol. The van der Waals surface area contributed by atoms with Gasteiger partial charge in [0, 0.05) is 29.7 Å². The molecule has 1 aromatic heterocycles. The molecule has 2 N–H and O–H groups in total. The first kappa shape index (κ1) is 34.9. The minimum atomic E-state index is -1.14. The molecule has 9 nitrogen and oxygen atoms in total. The standard InChI is InChI=1S/C45H38N2O7/c1-4-28-14-23-35-34-12-8-9-13-36(34)42(37(35)24-28)38-26-47(44(50)46-43(38)49)41-25-39(48)40(54-41)27-53-45(29-10-6-5-7-11-29,30-15-19-32(51-2)20-16-30)31-17-21-33(52-3)22-18-31/h1,5-24,26,39-42,48H,25,27H2,2-3H3,(H,46,49,50)/t39-,40+,41+,42?/m0/s1. The van der Waals surface area contributed by atoms with Crippen LogP contribution in [0, 0.1) is 12.3 Å². The Hall–Kier alpha value is -6.18. The fourth-order valence-corrected chi connectivity index (χ4v) is 7.87. The Labute approximate surface area is 312 Å². The van der Waals surface area contributed by atoms with Gasteiger partial charge >= 0.3 is 5.69 Å². The maximum Gasteiger partial charge on any atom is 0.330 e. The first-order chi connectivity index (χ1) is 26.3. The zero-order chi connectivity index (χ0) is 37.4. The molecule has 270 valence electrons. The number of ether oxygens (including phenoxy) is 4. The molecular formula is C45H38N2O7. The molecule has 1 saturated heterocycles. The average Bonchev–Trinajstić information content (AvgIpc) is 3.75. The largest absolute Gasteiger partial charge is 0.497 e. The number of aromatic nitrogens is 2. The molecule has 54 heavy (non-hydrogen) atoms.